The van der Waals surface area contributed by atoms with Crippen LogP contribution in [0.15, 0.2) is 54.6 Å². The maximum atomic E-state index is 12.2. The number of nitrogens with one attached hydrogen (secondary N) is 2. The number of anilines is 1. The predicted molar refractivity (Wildman–Crippen MR) is 95.8 cm³/mol. The van der Waals surface area contributed by atoms with E-state index in [1.54, 1.807) is 24.3 Å². The van der Waals surface area contributed by atoms with Crippen molar-refractivity contribution in [3.63, 3.8) is 0 Å². The minimum atomic E-state index is -1.05. The van der Waals surface area contributed by atoms with Gasteiger partial charge in [-0.05, 0) is 30.7 Å². The molecule has 25 heavy (non-hydrogen) atoms. The highest BCUT2D eigenvalue weighted by atomic mass is 16.5. The van der Waals surface area contributed by atoms with E-state index in [0.717, 1.165) is 5.56 Å². The topological polar surface area (TPSA) is 87.7 Å². The SMILES string of the molecule is COc1ccccc1NC(=O)CC(NCCc1ccccc1)C(=O)O. The molecule has 0 bridgehead atoms. The summed E-state index contributed by atoms with van der Waals surface area (Å²) in [6.45, 7) is 0.475. The van der Waals surface area contributed by atoms with Gasteiger partial charge in [-0.1, -0.05) is 42.5 Å². The summed E-state index contributed by atoms with van der Waals surface area (Å²) in [5, 5.41) is 14.9. The third-order valence-corrected chi connectivity index (χ3v) is 3.72. The van der Waals surface area contributed by atoms with Crippen molar-refractivity contribution >= 4 is 17.6 Å². The summed E-state index contributed by atoms with van der Waals surface area (Å²) in [7, 11) is 1.51. The lowest BCUT2D eigenvalue weighted by atomic mass is 10.1. The van der Waals surface area contributed by atoms with Crippen LogP contribution in [0.5, 0.6) is 5.75 Å². The van der Waals surface area contributed by atoms with Gasteiger partial charge in [-0.2, -0.15) is 0 Å². The second-order valence-electron chi connectivity index (χ2n) is 5.53. The highest BCUT2D eigenvalue weighted by Crippen LogP contribution is 2.23. The maximum absolute atomic E-state index is 12.2. The molecule has 0 spiro atoms. The lowest BCUT2D eigenvalue weighted by molar-refractivity contribution is -0.141. The van der Waals surface area contributed by atoms with Crippen molar-refractivity contribution in [1.82, 2.24) is 5.32 Å². The van der Waals surface area contributed by atoms with Crippen LogP contribution < -0.4 is 15.4 Å². The van der Waals surface area contributed by atoms with Crippen LogP contribution in [0, 0.1) is 0 Å². The molecule has 0 aliphatic heterocycles. The van der Waals surface area contributed by atoms with Crippen molar-refractivity contribution in [2.75, 3.05) is 19.0 Å². The smallest absolute Gasteiger partial charge is 0.321 e. The molecule has 2 aromatic rings. The maximum Gasteiger partial charge on any atom is 0.321 e. The Morgan fingerprint density at radius 1 is 1.08 bits per heavy atom. The van der Waals surface area contributed by atoms with Crippen molar-refractivity contribution in [3.05, 3.63) is 60.2 Å². The van der Waals surface area contributed by atoms with Crippen molar-refractivity contribution in [2.45, 2.75) is 18.9 Å². The molecule has 2 aromatic carbocycles. The third kappa shape index (κ3) is 5.93. The van der Waals surface area contributed by atoms with Crippen LogP contribution in [0.3, 0.4) is 0 Å². The number of rotatable bonds is 9. The van der Waals surface area contributed by atoms with E-state index in [-0.39, 0.29) is 12.3 Å². The van der Waals surface area contributed by atoms with Gasteiger partial charge in [0.05, 0.1) is 19.2 Å². The lowest BCUT2D eigenvalue weighted by Gasteiger charge is -2.15. The molecule has 0 aliphatic rings. The minimum absolute atomic E-state index is 0.165. The average Bonchev–Trinajstić information content (AvgIpc) is 2.62. The van der Waals surface area contributed by atoms with Crippen LogP contribution in [0.25, 0.3) is 0 Å². The zero-order valence-corrected chi connectivity index (χ0v) is 14.1. The number of carbonyl (C=O) groups is 2. The second-order valence-corrected chi connectivity index (χ2v) is 5.53. The van der Waals surface area contributed by atoms with Crippen LogP contribution in [0.4, 0.5) is 5.69 Å². The molecule has 1 atom stereocenters. The quantitative estimate of drug-likeness (QED) is 0.651. The van der Waals surface area contributed by atoms with Gasteiger partial charge in [-0.3, -0.25) is 9.59 Å². The Bertz CT molecular complexity index is 704. The summed E-state index contributed by atoms with van der Waals surface area (Å²) in [6, 6.07) is 15.8. The fourth-order valence-electron chi connectivity index (χ4n) is 2.42. The number of amides is 1. The molecule has 132 valence electrons. The summed E-state index contributed by atoms with van der Waals surface area (Å²) < 4.78 is 5.17. The summed E-state index contributed by atoms with van der Waals surface area (Å²) in [6.07, 6.45) is 0.529. The monoisotopic (exact) mass is 342 g/mol. The highest BCUT2D eigenvalue weighted by Gasteiger charge is 2.21. The number of benzene rings is 2. The first-order chi connectivity index (χ1) is 12.1. The van der Waals surface area contributed by atoms with Crippen LogP contribution in [-0.4, -0.2) is 36.7 Å². The molecule has 1 unspecified atom stereocenters. The van der Waals surface area contributed by atoms with Crippen molar-refractivity contribution in [1.29, 1.82) is 0 Å². The van der Waals surface area contributed by atoms with Gasteiger partial charge in [0.1, 0.15) is 11.8 Å². The molecule has 0 fully saturated rings. The minimum Gasteiger partial charge on any atom is -0.495 e. The number of carbonyl (C=O) groups excluding carboxylic acids is 1. The third-order valence-electron chi connectivity index (χ3n) is 3.72. The van der Waals surface area contributed by atoms with Crippen LogP contribution in [-0.2, 0) is 16.0 Å². The molecule has 0 radical (unpaired) electrons. The molecule has 3 N–H and O–H groups in total. The molecule has 6 heteroatoms. The van der Waals surface area contributed by atoms with Crippen LogP contribution >= 0.6 is 0 Å². The fraction of sp³-hybridized carbons (Fsp3) is 0.263. The molecule has 2 rings (SSSR count). The average molecular weight is 342 g/mol. The summed E-state index contributed by atoms with van der Waals surface area (Å²) >= 11 is 0. The number of hydrogen-bond acceptors (Lipinski definition) is 4. The summed E-state index contributed by atoms with van der Waals surface area (Å²) in [4.78, 5) is 23.5. The van der Waals surface area contributed by atoms with Crippen LogP contribution in [0.2, 0.25) is 0 Å². The molecule has 0 heterocycles. The van der Waals surface area contributed by atoms with E-state index in [2.05, 4.69) is 10.6 Å². The van der Waals surface area contributed by atoms with E-state index < -0.39 is 12.0 Å². The zero-order valence-electron chi connectivity index (χ0n) is 14.1. The number of carboxylic acids is 1. The molecule has 6 nitrogen and oxygen atoms in total. The van der Waals surface area contributed by atoms with Crippen molar-refractivity contribution in [2.24, 2.45) is 0 Å². The number of carboxylic acid groups (broad SMARTS) is 1. The standard InChI is InChI=1S/C19H22N2O4/c1-25-17-10-6-5-9-15(17)21-18(22)13-16(19(23)24)20-12-11-14-7-3-2-4-8-14/h2-10,16,20H,11-13H2,1H3,(H,21,22)(H,23,24). The Labute approximate surface area is 146 Å². The van der Waals surface area contributed by atoms with Gasteiger partial charge in [-0.15, -0.1) is 0 Å². The van der Waals surface area contributed by atoms with E-state index in [1.807, 2.05) is 30.3 Å². The first kappa shape index (κ1) is 18.5. The predicted octanol–water partition coefficient (Wildman–Crippen LogP) is 2.31. The molecule has 0 saturated carbocycles. The van der Waals surface area contributed by atoms with Crippen molar-refractivity contribution < 1.29 is 19.4 Å². The van der Waals surface area contributed by atoms with Gasteiger partial charge < -0.3 is 20.5 Å². The highest BCUT2D eigenvalue weighted by molar-refractivity contribution is 5.95. The van der Waals surface area contributed by atoms with Gasteiger partial charge in [0.2, 0.25) is 5.91 Å². The zero-order chi connectivity index (χ0) is 18.1. The molecule has 0 saturated heterocycles. The van der Waals surface area contributed by atoms with Gasteiger partial charge in [0, 0.05) is 0 Å². The molecule has 0 aliphatic carbocycles. The van der Waals surface area contributed by atoms with Gasteiger partial charge >= 0.3 is 5.97 Å². The largest absolute Gasteiger partial charge is 0.495 e. The molecular weight excluding hydrogens is 320 g/mol. The van der Waals surface area contributed by atoms with E-state index in [0.29, 0.717) is 24.4 Å². The summed E-state index contributed by atoms with van der Waals surface area (Å²) in [5.41, 5.74) is 1.63. The van der Waals surface area contributed by atoms with E-state index in [1.165, 1.54) is 7.11 Å². The van der Waals surface area contributed by atoms with E-state index in [9.17, 15) is 14.7 Å². The Morgan fingerprint density at radius 2 is 1.76 bits per heavy atom. The molecular formula is C19H22N2O4. The first-order valence-corrected chi connectivity index (χ1v) is 8.03. The van der Waals surface area contributed by atoms with E-state index >= 15 is 0 Å². The van der Waals surface area contributed by atoms with Gasteiger partial charge in [-0.25, -0.2) is 0 Å². The lowest BCUT2D eigenvalue weighted by Crippen LogP contribution is -2.40. The summed E-state index contributed by atoms with van der Waals surface area (Å²) in [5.74, 6) is -0.910. The number of aliphatic carboxylic acids is 1. The fourth-order valence-corrected chi connectivity index (χ4v) is 2.42. The van der Waals surface area contributed by atoms with Crippen molar-refractivity contribution in [3.8, 4) is 5.75 Å². The number of methoxy groups -OCH3 is 1. The Balaban J connectivity index is 1.87. The van der Waals surface area contributed by atoms with E-state index in [4.69, 9.17) is 4.74 Å². The Hall–Kier alpha value is -2.86. The molecule has 1 amide bonds. The van der Waals surface area contributed by atoms with Gasteiger partial charge in [0.15, 0.2) is 0 Å². The number of hydrogen-bond donors (Lipinski definition) is 3. The normalized spacial score (nSPS) is 11.6. The Morgan fingerprint density at radius 3 is 2.44 bits per heavy atom. The number of para-hydroxylation sites is 2. The Kier molecular flexibility index (Phi) is 6.98. The first-order valence-electron chi connectivity index (χ1n) is 8.03. The second kappa shape index (κ2) is 9.44. The number of ether oxygens (including phenoxy) is 1. The van der Waals surface area contributed by atoms with Gasteiger partial charge in [0.25, 0.3) is 0 Å². The van der Waals surface area contributed by atoms with Crippen LogP contribution in [0.1, 0.15) is 12.0 Å². The molecule has 0 aromatic heterocycles.